The Bertz CT molecular complexity index is 1340. The maximum absolute atomic E-state index is 12.0. The molecular weight excluding hydrogens is 450 g/mol. The van der Waals surface area contributed by atoms with Crippen LogP contribution in [0, 0.1) is 6.92 Å². The van der Waals surface area contributed by atoms with Crippen LogP contribution in [0.4, 0.5) is 28.4 Å². The van der Waals surface area contributed by atoms with E-state index < -0.39 is 15.0 Å². The minimum Gasteiger partial charge on any atom is -0.508 e. The highest BCUT2D eigenvalue weighted by atomic mass is 32.2. The second kappa shape index (κ2) is 9.63. The van der Waals surface area contributed by atoms with Crippen LogP contribution in [0.15, 0.2) is 73.9 Å². The van der Waals surface area contributed by atoms with Crippen LogP contribution in [-0.4, -0.2) is 32.3 Å². The van der Waals surface area contributed by atoms with E-state index >= 15 is 0 Å². The number of azo groups is 2. The van der Waals surface area contributed by atoms with Gasteiger partial charge in [-0.2, -0.15) is 18.6 Å². The van der Waals surface area contributed by atoms with Gasteiger partial charge in [0.25, 0.3) is 10.1 Å². The van der Waals surface area contributed by atoms with E-state index in [-0.39, 0.29) is 22.9 Å². The molecule has 3 rings (SSSR count). The third-order valence-corrected chi connectivity index (χ3v) is 5.44. The molecule has 3 aromatic carbocycles. The van der Waals surface area contributed by atoms with Gasteiger partial charge < -0.3 is 20.3 Å². The molecule has 0 saturated carbocycles. The first-order valence-electron chi connectivity index (χ1n) is 9.38. The molecule has 0 radical (unpaired) electrons. The molecule has 0 aliphatic heterocycles. The number of phenolic OH excluding ortho intramolecular Hbond substituents is 1. The largest absolute Gasteiger partial charge is 0.508 e. The minimum atomic E-state index is -4.70. The molecule has 0 spiro atoms. The third-order valence-electron chi connectivity index (χ3n) is 4.56. The normalized spacial score (nSPS) is 11.9. The average Bonchev–Trinajstić information content (AvgIpc) is 2.78. The first kappa shape index (κ1) is 23.6. The lowest BCUT2D eigenvalue weighted by molar-refractivity contribution is 0.415. The number of nitrogen functional groups attached to an aromatic ring is 1. The van der Waals surface area contributed by atoms with E-state index in [1.807, 2.05) is 0 Å². The number of hydrogen-bond donors (Lipinski definition) is 3. The average molecular weight is 471 g/mol. The van der Waals surface area contributed by atoms with E-state index in [0.717, 1.165) is 6.07 Å². The van der Waals surface area contributed by atoms with Crippen molar-refractivity contribution in [3.63, 3.8) is 0 Å². The van der Waals surface area contributed by atoms with Gasteiger partial charge in [0, 0.05) is 23.9 Å². The molecule has 0 aromatic heterocycles. The Morgan fingerprint density at radius 3 is 2.09 bits per heavy atom. The smallest absolute Gasteiger partial charge is 0.296 e. The highest BCUT2D eigenvalue weighted by Crippen LogP contribution is 2.39. The molecule has 0 aliphatic carbocycles. The van der Waals surface area contributed by atoms with Crippen LogP contribution in [0.5, 0.6) is 17.2 Å². The highest BCUT2D eigenvalue weighted by molar-refractivity contribution is 7.86. The van der Waals surface area contributed by atoms with Gasteiger partial charge in [0.15, 0.2) is 0 Å². The number of methoxy groups -OCH3 is 2. The quantitative estimate of drug-likeness (QED) is 0.236. The van der Waals surface area contributed by atoms with Gasteiger partial charge in [-0.3, -0.25) is 4.55 Å². The Labute approximate surface area is 190 Å². The fourth-order valence-electron chi connectivity index (χ4n) is 2.72. The van der Waals surface area contributed by atoms with Crippen LogP contribution in [0.3, 0.4) is 0 Å². The van der Waals surface area contributed by atoms with Gasteiger partial charge in [0.2, 0.25) is 0 Å². The number of anilines is 1. The van der Waals surface area contributed by atoms with Crippen molar-refractivity contribution in [1.82, 2.24) is 0 Å². The maximum Gasteiger partial charge on any atom is 0.296 e. The second-order valence-electron chi connectivity index (χ2n) is 6.74. The lowest BCUT2D eigenvalue weighted by Gasteiger charge is -2.09. The summed E-state index contributed by atoms with van der Waals surface area (Å²) in [6.07, 6.45) is 0. The lowest BCUT2D eigenvalue weighted by Crippen LogP contribution is -1.99. The zero-order valence-electron chi connectivity index (χ0n) is 17.9. The number of rotatable bonds is 7. The lowest BCUT2D eigenvalue weighted by atomic mass is 10.1. The number of hydrogen-bond acceptors (Lipinski definition) is 10. The van der Waals surface area contributed by atoms with Crippen LogP contribution in [0.1, 0.15) is 5.56 Å². The third kappa shape index (κ3) is 5.61. The Morgan fingerprint density at radius 2 is 1.48 bits per heavy atom. The summed E-state index contributed by atoms with van der Waals surface area (Å²) in [5, 5.41) is 25.4. The molecule has 4 N–H and O–H groups in total. The van der Waals surface area contributed by atoms with E-state index in [2.05, 4.69) is 20.5 Å². The fourth-order valence-corrected chi connectivity index (χ4v) is 3.34. The van der Waals surface area contributed by atoms with E-state index in [9.17, 15) is 18.1 Å². The number of nitrogens with two attached hydrogens (primary N) is 1. The van der Waals surface area contributed by atoms with Crippen LogP contribution in [-0.2, 0) is 10.1 Å². The Kier molecular flexibility index (Phi) is 6.89. The van der Waals surface area contributed by atoms with Crippen LogP contribution >= 0.6 is 0 Å². The molecule has 0 atom stereocenters. The van der Waals surface area contributed by atoms with Gasteiger partial charge in [-0.25, -0.2) is 0 Å². The van der Waals surface area contributed by atoms with E-state index in [0.29, 0.717) is 28.4 Å². The molecule has 0 fully saturated rings. The van der Waals surface area contributed by atoms with Crippen LogP contribution in [0.25, 0.3) is 0 Å². The number of ether oxygens (including phenoxy) is 2. The SMILES string of the molecule is COc1cc(N)c(C)c(N=Nc2cc(OC)c(N=Nc3ccc(O)cc3)cc2S(=O)(=O)O)c1. The number of phenols is 1. The number of nitrogens with zero attached hydrogens (tertiary/aromatic N) is 4. The zero-order valence-corrected chi connectivity index (χ0v) is 18.7. The second-order valence-corrected chi connectivity index (χ2v) is 8.13. The predicted octanol–water partition coefficient (Wildman–Crippen LogP) is 5.38. The first-order chi connectivity index (χ1) is 15.6. The van der Waals surface area contributed by atoms with Crippen molar-refractivity contribution in [3.8, 4) is 17.2 Å². The van der Waals surface area contributed by atoms with E-state index in [1.165, 1.54) is 44.6 Å². The zero-order chi connectivity index (χ0) is 24.2. The predicted molar refractivity (Wildman–Crippen MR) is 121 cm³/mol. The Hall–Kier alpha value is -4.03. The Morgan fingerprint density at radius 1 is 0.848 bits per heavy atom. The van der Waals surface area contributed by atoms with Crippen molar-refractivity contribution < 1.29 is 27.6 Å². The molecule has 12 heteroatoms. The molecule has 0 bridgehead atoms. The Balaban J connectivity index is 2.08. The molecular formula is C21H21N5O6S. The van der Waals surface area contributed by atoms with Crippen molar-refractivity contribution in [3.05, 3.63) is 54.1 Å². The number of benzene rings is 3. The molecule has 11 nitrogen and oxygen atoms in total. The van der Waals surface area contributed by atoms with Crippen molar-refractivity contribution in [1.29, 1.82) is 0 Å². The summed E-state index contributed by atoms with van der Waals surface area (Å²) in [5.41, 5.74) is 7.57. The molecule has 0 aliphatic rings. The van der Waals surface area contributed by atoms with Gasteiger partial charge in [-0.15, -0.1) is 10.2 Å². The molecule has 0 saturated heterocycles. The van der Waals surface area contributed by atoms with Crippen molar-refractivity contribution in [2.75, 3.05) is 20.0 Å². The molecule has 33 heavy (non-hydrogen) atoms. The van der Waals surface area contributed by atoms with Gasteiger partial charge in [0.1, 0.15) is 33.5 Å². The number of aromatic hydroxyl groups is 1. The fraction of sp³-hybridized carbons (Fsp3) is 0.143. The molecule has 3 aromatic rings. The maximum atomic E-state index is 12.0. The van der Waals surface area contributed by atoms with Gasteiger partial charge in [0.05, 0.1) is 25.6 Å². The van der Waals surface area contributed by atoms with Crippen molar-refractivity contribution >= 4 is 38.6 Å². The van der Waals surface area contributed by atoms with Crippen LogP contribution in [0.2, 0.25) is 0 Å². The summed E-state index contributed by atoms with van der Waals surface area (Å²) in [6.45, 7) is 1.72. The topological polar surface area (TPSA) is 169 Å². The van der Waals surface area contributed by atoms with Crippen LogP contribution < -0.4 is 15.2 Å². The molecule has 0 unspecified atom stereocenters. The highest BCUT2D eigenvalue weighted by Gasteiger charge is 2.20. The molecule has 172 valence electrons. The van der Waals surface area contributed by atoms with Gasteiger partial charge in [-0.1, -0.05) is 0 Å². The van der Waals surface area contributed by atoms with Crippen molar-refractivity contribution in [2.24, 2.45) is 20.5 Å². The summed E-state index contributed by atoms with van der Waals surface area (Å²) >= 11 is 0. The van der Waals surface area contributed by atoms with E-state index in [4.69, 9.17) is 15.2 Å². The standard InChI is InChI=1S/C21H21N5O6S/c1-12-16(22)8-15(31-2)9-17(12)24-26-19-10-20(32-3)18(11-21(19)33(28,29)30)25-23-13-4-6-14(27)7-5-13/h4-11,27H,22H2,1-3H3,(H,28,29,30). The van der Waals surface area contributed by atoms with Crippen molar-refractivity contribution in [2.45, 2.75) is 11.8 Å². The molecule has 0 amide bonds. The first-order valence-corrected chi connectivity index (χ1v) is 10.8. The summed E-state index contributed by atoms with van der Waals surface area (Å²) in [4.78, 5) is -0.541. The summed E-state index contributed by atoms with van der Waals surface area (Å²) < 4.78 is 44.2. The summed E-state index contributed by atoms with van der Waals surface area (Å²) in [7, 11) is -1.87. The van der Waals surface area contributed by atoms with Gasteiger partial charge in [-0.05, 0) is 42.8 Å². The monoisotopic (exact) mass is 471 g/mol. The molecule has 0 heterocycles. The van der Waals surface area contributed by atoms with E-state index in [1.54, 1.807) is 19.1 Å². The van der Waals surface area contributed by atoms with Gasteiger partial charge >= 0.3 is 0 Å². The summed E-state index contributed by atoms with van der Waals surface area (Å²) in [5.74, 6) is 0.647. The minimum absolute atomic E-state index is 0.0268. The summed E-state index contributed by atoms with van der Waals surface area (Å²) in [6, 6.07) is 11.4.